The van der Waals surface area contributed by atoms with E-state index in [4.69, 9.17) is 0 Å². The Morgan fingerprint density at radius 1 is 1.33 bits per heavy atom. The Morgan fingerprint density at radius 2 is 2.10 bits per heavy atom. The minimum Gasteiger partial charge on any atom is -0.332 e. The summed E-state index contributed by atoms with van der Waals surface area (Å²) in [5, 5.41) is 3.60. The molecular formula is C14H24N4O2S. The zero-order chi connectivity index (χ0) is 14.9. The van der Waals surface area contributed by atoms with Crippen LogP contribution in [0.25, 0.3) is 0 Å². The molecule has 2 fully saturated rings. The van der Waals surface area contributed by atoms with Gasteiger partial charge in [0.1, 0.15) is 5.82 Å². The van der Waals surface area contributed by atoms with Crippen LogP contribution in [0.3, 0.4) is 0 Å². The number of hydrogen-bond donors (Lipinski definition) is 2. The number of aromatic nitrogens is 2. The molecule has 21 heavy (non-hydrogen) atoms. The van der Waals surface area contributed by atoms with Crippen molar-refractivity contribution in [2.24, 2.45) is 5.92 Å². The first kappa shape index (κ1) is 15.0. The highest BCUT2D eigenvalue weighted by Crippen LogP contribution is 2.33. The Bertz CT molecular complexity index is 578. The maximum atomic E-state index is 12.9. The van der Waals surface area contributed by atoms with E-state index in [-0.39, 0.29) is 11.1 Å². The molecule has 3 rings (SSSR count). The number of nitrogens with zero attached hydrogens (tertiary/aromatic N) is 2. The van der Waals surface area contributed by atoms with Crippen LogP contribution in [0.1, 0.15) is 38.4 Å². The van der Waals surface area contributed by atoms with Gasteiger partial charge in [0, 0.05) is 19.0 Å². The standard InChI is InChI=1S/C14H24N4O2S/c1-2-13-16-10-14(17-13)21(19,20)18-9-3-4-12(18)11-5-7-15-8-6-11/h10-12,15H,2-9H2,1H3,(H,16,17). The van der Waals surface area contributed by atoms with Crippen LogP contribution in [0, 0.1) is 5.92 Å². The van der Waals surface area contributed by atoms with Crippen LogP contribution in [0.15, 0.2) is 11.2 Å². The molecule has 0 amide bonds. The minimum atomic E-state index is -3.43. The predicted molar refractivity (Wildman–Crippen MR) is 80.5 cm³/mol. The molecule has 1 atom stereocenters. The van der Waals surface area contributed by atoms with Gasteiger partial charge >= 0.3 is 0 Å². The third-order valence-corrected chi connectivity index (χ3v) is 6.54. The zero-order valence-corrected chi connectivity index (χ0v) is 13.3. The van der Waals surface area contributed by atoms with Gasteiger partial charge in [0.2, 0.25) is 0 Å². The van der Waals surface area contributed by atoms with Gasteiger partial charge in [-0.2, -0.15) is 4.31 Å². The molecule has 1 aromatic rings. The molecule has 2 aliphatic rings. The van der Waals surface area contributed by atoms with E-state index in [0.717, 1.165) is 44.6 Å². The van der Waals surface area contributed by atoms with Gasteiger partial charge in [-0.3, -0.25) is 0 Å². The van der Waals surface area contributed by atoms with Gasteiger partial charge in [-0.15, -0.1) is 0 Å². The maximum Gasteiger partial charge on any atom is 0.260 e. The van der Waals surface area contributed by atoms with Gasteiger partial charge in [-0.25, -0.2) is 13.4 Å². The number of hydrogen-bond acceptors (Lipinski definition) is 4. The lowest BCUT2D eigenvalue weighted by atomic mass is 9.89. The zero-order valence-electron chi connectivity index (χ0n) is 12.5. The minimum absolute atomic E-state index is 0.158. The lowest BCUT2D eigenvalue weighted by Crippen LogP contribution is -2.43. The van der Waals surface area contributed by atoms with Crippen LogP contribution >= 0.6 is 0 Å². The van der Waals surface area contributed by atoms with E-state index in [1.165, 1.54) is 6.20 Å². The van der Waals surface area contributed by atoms with Gasteiger partial charge in [0.25, 0.3) is 10.0 Å². The summed E-state index contributed by atoms with van der Waals surface area (Å²) in [7, 11) is -3.43. The first-order chi connectivity index (χ1) is 10.1. The van der Waals surface area contributed by atoms with E-state index in [0.29, 0.717) is 18.9 Å². The second kappa shape index (κ2) is 6.06. The van der Waals surface area contributed by atoms with E-state index < -0.39 is 10.0 Å². The fraction of sp³-hybridized carbons (Fsp3) is 0.786. The summed E-state index contributed by atoms with van der Waals surface area (Å²) >= 11 is 0. The summed E-state index contributed by atoms with van der Waals surface area (Å²) in [5.41, 5.74) is 0. The van der Waals surface area contributed by atoms with Gasteiger partial charge in [0.15, 0.2) is 5.03 Å². The molecule has 0 saturated carbocycles. The number of rotatable bonds is 4. The van der Waals surface area contributed by atoms with Crippen molar-refractivity contribution < 1.29 is 8.42 Å². The molecule has 3 heterocycles. The molecule has 0 aromatic carbocycles. The average Bonchev–Trinajstić information content (AvgIpc) is 3.17. The van der Waals surface area contributed by atoms with Crippen molar-refractivity contribution in [3.63, 3.8) is 0 Å². The molecule has 0 spiro atoms. The molecule has 0 radical (unpaired) electrons. The lowest BCUT2D eigenvalue weighted by Gasteiger charge is -2.33. The SMILES string of the molecule is CCc1ncc(S(=O)(=O)N2CCCC2C2CCNCC2)[nH]1. The Morgan fingerprint density at radius 3 is 2.76 bits per heavy atom. The van der Waals surface area contributed by atoms with Crippen LogP contribution < -0.4 is 5.32 Å². The number of aromatic amines is 1. The predicted octanol–water partition coefficient (Wildman–Crippen LogP) is 1.12. The number of piperidine rings is 1. The van der Waals surface area contributed by atoms with Gasteiger partial charge in [0.05, 0.1) is 6.20 Å². The highest BCUT2D eigenvalue weighted by atomic mass is 32.2. The summed E-state index contributed by atoms with van der Waals surface area (Å²) in [6.07, 6.45) is 6.26. The number of H-pyrrole nitrogens is 1. The Kier molecular flexibility index (Phi) is 4.33. The summed E-state index contributed by atoms with van der Waals surface area (Å²) in [4.78, 5) is 7.09. The van der Waals surface area contributed by atoms with Gasteiger partial charge in [-0.1, -0.05) is 6.92 Å². The first-order valence-corrected chi connectivity index (χ1v) is 9.33. The van der Waals surface area contributed by atoms with Crippen molar-refractivity contribution in [2.75, 3.05) is 19.6 Å². The quantitative estimate of drug-likeness (QED) is 0.873. The van der Waals surface area contributed by atoms with Crippen LogP contribution in [-0.2, 0) is 16.4 Å². The number of sulfonamides is 1. The fourth-order valence-corrected chi connectivity index (χ4v) is 5.23. The summed E-state index contributed by atoms with van der Waals surface area (Å²) in [6, 6.07) is 0.158. The van der Waals surface area contributed by atoms with E-state index in [1.54, 1.807) is 4.31 Å². The number of nitrogens with one attached hydrogen (secondary N) is 2. The normalized spacial score (nSPS) is 25.5. The van der Waals surface area contributed by atoms with Gasteiger partial charge in [-0.05, 0) is 44.7 Å². The third-order valence-electron chi connectivity index (χ3n) is 4.70. The third kappa shape index (κ3) is 2.86. The molecule has 2 saturated heterocycles. The molecule has 118 valence electrons. The molecule has 2 aliphatic heterocycles. The van der Waals surface area contributed by atoms with Crippen LogP contribution in [-0.4, -0.2) is 48.4 Å². The van der Waals surface area contributed by atoms with Crippen molar-refractivity contribution in [3.8, 4) is 0 Å². The summed E-state index contributed by atoms with van der Waals surface area (Å²) in [5.74, 6) is 1.21. The first-order valence-electron chi connectivity index (χ1n) is 7.89. The highest BCUT2D eigenvalue weighted by Gasteiger charge is 2.40. The Balaban J connectivity index is 1.82. The smallest absolute Gasteiger partial charge is 0.260 e. The van der Waals surface area contributed by atoms with Crippen LogP contribution in [0.4, 0.5) is 0 Å². The Labute approximate surface area is 126 Å². The highest BCUT2D eigenvalue weighted by molar-refractivity contribution is 7.89. The van der Waals surface area contributed by atoms with E-state index >= 15 is 0 Å². The fourth-order valence-electron chi connectivity index (χ4n) is 3.54. The molecule has 2 N–H and O–H groups in total. The topological polar surface area (TPSA) is 78.1 Å². The second-order valence-corrected chi connectivity index (χ2v) is 7.82. The van der Waals surface area contributed by atoms with E-state index in [2.05, 4.69) is 15.3 Å². The van der Waals surface area contributed by atoms with E-state index in [9.17, 15) is 8.42 Å². The van der Waals surface area contributed by atoms with Crippen molar-refractivity contribution in [3.05, 3.63) is 12.0 Å². The molecular weight excluding hydrogens is 288 g/mol. The number of aryl methyl sites for hydroxylation is 1. The monoisotopic (exact) mass is 312 g/mol. The molecule has 6 nitrogen and oxygen atoms in total. The second-order valence-electron chi connectivity index (χ2n) is 5.96. The van der Waals surface area contributed by atoms with Crippen molar-refractivity contribution in [2.45, 2.75) is 50.1 Å². The average molecular weight is 312 g/mol. The van der Waals surface area contributed by atoms with Crippen molar-refractivity contribution >= 4 is 10.0 Å². The summed E-state index contributed by atoms with van der Waals surface area (Å²) in [6.45, 7) is 4.60. The molecule has 7 heteroatoms. The Hall–Kier alpha value is -0.920. The van der Waals surface area contributed by atoms with Gasteiger partial charge < -0.3 is 10.3 Å². The molecule has 1 aromatic heterocycles. The van der Waals surface area contributed by atoms with Crippen LogP contribution in [0.5, 0.6) is 0 Å². The van der Waals surface area contributed by atoms with E-state index in [1.807, 2.05) is 6.92 Å². The van der Waals surface area contributed by atoms with Crippen LogP contribution in [0.2, 0.25) is 0 Å². The largest absolute Gasteiger partial charge is 0.332 e. The molecule has 1 unspecified atom stereocenters. The number of imidazole rings is 1. The molecule has 0 aliphatic carbocycles. The van der Waals surface area contributed by atoms with Crippen molar-refractivity contribution in [1.29, 1.82) is 0 Å². The summed E-state index contributed by atoms with van der Waals surface area (Å²) < 4.78 is 27.4. The van der Waals surface area contributed by atoms with Crippen molar-refractivity contribution in [1.82, 2.24) is 19.6 Å². The molecule has 0 bridgehead atoms. The maximum absolute atomic E-state index is 12.9. The lowest BCUT2D eigenvalue weighted by molar-refractivity contribution is 0.234.